The largest absolute Gasteiger partial charge is 0.379 e. The molecule has 0 radical (unpaired) electrons. The molecule has 0 bridgehead atoms. The van der Waals surface area contributed by atoms with E-state index in [-0.39, 0.29) is 0 Å². The summed E-state index contributed by atoms with van der Waals surface area (Å²) in [6.07, 6.45) is 0. The maximum Gasteiger partial charge on any atom is 0.0946 e. The van der Waals surface area contributed by atoms with Crippen molar-refractivity contribution in [1.82, 2.24) is 9.59 Å². The van der Waals surface area contributed by atoms with Crippen molar-refractivity contribution >= 4 is 17.2 Å². The molecule has 16 heavy (non-hydrogen) atoms. The summed E-state index contributed by atoms with van der Waals surface area (Å²) in [6, 6.07) is 6.33. The molecule has 1 N–H and O–H groups in total. The van der Waals surface area contributed by atoms with Crippen molar-refractivity contribution in [3.05, 3.63) is 40.4 Å². The molecule has 0 aliphatic carbocycles. The minimum absolute atomic E-state index is 0.718. The Bertz CT molecular complexity index is 484. The van der Waals surface area contributed by atoms with Crippen molar-refractivity contribution in [2.45, 2.75) is 19.8 Å². The highest BCUT2D eigenvalue weighted by atomic mass is 32.1. The maximum atomic E-state index is 5.37. The van der Waals surface area contributed by atoms with Crippen LogP contribution in [0.4, 0.5) is 5.69 Å². The molecular formula is C11H11N3OS. The average molecular weight is 233 g/mol. The molecule has 3 rings (SSSR count). The highest BCUT2D eigenvalue weighted by molar-refractivity contribution is 7.03. The van der Waals surface area contributed by atoms with Gasteiger partial charge in [-0.05, 0) is 34.8 Å². The number of rotatable bonds is 3. The summed E-state index contributed by atoms with van der Waals surface area (Å²) in [7, 11) is 0. The predicted octanol–water partition coefficient (Wildman–Crippen LogP) is 2.18. The van der Waals surface area contributed by atoms with Crippen LogP contribution in [0.5, 0.6) is 0 Å². The smallest absolute Gasteiger partial charge is 0.0946 e. The zero-order valence-electron chi connectivity index (χ0n) is 8.64. The number of hydrogen-bond donors (Lipinski definition) is 1. The van der Waals surface area contributed by atoms with Crippen LogP contribution in [0.25, 0.3) is 0 Å². The molecule has 0 spiro atoms. The number of hydrogen-bond acceptors (Lipinski definition) is 5. The van der Waals surface area contributed by atoms with Gasteiger partial charge in [-0.3, -0.25) is 0 Å². The molecule has 82 valence electrons. The monoisotopic (exact) mass is 233 g/mol. The van der Waals surface area contributed by atoms with Gasteiger partial charge in [-0.15, -0.1) is 5.10 Å². The van der Waals surface area contributed by atoms with E-state index >= 15 is 0 Å². The Morgan fingerprint density at radius 2 is 2.25 bits per heavy atom. The zero-order valence-corrected chi connectivity index (χ0v) is 9.46. The number of benzene rings is 1. The molecule has 0 fully saturated rings. The molecule has 0 saturated carbocycles. The van der Waals surface area contributed by atoms with E-state index in [1.807, 2.05) is 5.38 Å². The number of nitrogens with one attached hydrogen (secondary N) is 1. The highest BCUT2D eigenvalue weighted by Gasteiger charge is 2.10. The first-order chi connectivity index (χ1) is 7.92. The van der Waals surface area contributed by atoms with Crippen molar-refractivity contribution in [2.24, 2.45) is 0 Å². The van der Waals surface area contributed by atoms with Crippen molar-refractivity contribution < 1.29 is 4.74 Å². The Kier molecular flexibility index (Phi) is 2.55. The summed E-state index contributed by atoms with van der Waals surface area (Å²) in [5, 5.41) is 9.26. The molecule has 0 amide bonds. The number of ether oxygens (including phenoxy) is 1. The summed E-state index contributed by atoms with van der Waals surface area (Å²) in [6.45, 7) is 2.19. The van der Waals surface area contributed by atoms with Crippen molar-refractivity contribution in [2.75, 3.05) is 5.32 Å². The van der Waals surface area contributed by atoms with Gasteiger partial charge in [-0.1, -0.05) is 10.6 Å². The highest BCUT2D eigenvalue weighted by Crippen LogP contribution is 2.23. The van der Waals surface area contributed by atoms with E-state index in [4.69, 9.17) is 4.74 Å². The van der Waals surface area contributed by atoms with Gasteiger partial charge >= 0.3 is 0 Å². The van der Waals surface area contributed by atoms with Crippen molar-refractivity contribution in [3.63, 3.8) is 0 Å². The van der Waals surface area contributed by atoms with Crippen LogP contribution in [0.1, 0.15) is 16.8 Å². The normalized spacial score (nSPS) is 13.8. The zero-order chi connectivity index (χ0) is 10.8. The molecule has 5 heteroatoms. The van der Waals surface area contributed by atoms with Gasteiger partial charge in [0.25, 0.3) is 0 Å². The predicted molar refractivity (Wildman–Crippen MR) is 62.2 cm³/mol. The second-order valence-electron chi connectivity index (χ2n) is 3.73. The van der Waals surface area contributed by atoms with Gasteiger partial charge in [0.1, 0.15) is 0 Å². The average Bonchev–Trinajstić information content (AvgIpc) is 2.97. The molecular weight excluding hydrogens is 222 g/mol. The fourth-order valence-electron chi connectivity index (χ4n) is 1.74. The standard InChI is InChI=1S/C11H11N3OS/c1-2-10(3-9-6-15-5-8(1)9)12-4-11-7-16-14-13-11/h1-3,7,12H,4-6H2. The lowest BCUT2D eigenvalue weighted by molar-refractivity contribution is 0.134. The minimum atomic E-state index is 0.718. The van der Waals surface area contributed by atoms with E-state index < -0.39 is 0 Å². The SMILES string of the molecule is c1cc2c(cc1NCc1csnn1)COC2. The Hall–Kier alpha value is -1.46. The molecule has 4 nitrogen and oxygen atoms in total. The van der Waals surface area contributed by atoms with Crippen LogP contribution in [0.2, 0.25) is 0 Å². The summed E-state index contributed by atoms with van der Waals surface area (Å²) in [5.74, 6) is 0. The lowest BCUT2D eigenvalue weighted by Gasteiger charge is -2.05. The van der Waals surface area contributed by atoms with E-state index in [0.717, 1.165) is 31.1 Å². The third kappa shape index (κ3) is 1.91. The number of anilines is 1. The number of fused-ring (bicyclic) bond motifs is 1. The fourth-order valence-corrected chi connectivity index (χ4v) is 2.19. The first-order valence-electron chi connectivity index (χ1n) is 5.11. The second-order valence-corrected chi connectivity index (χ2v) is 4.34. The van der Waals surface area contributed by atoms with E-state index in [1.54, 1.807) is 0 Å². The number of aromatic nitrogens is 2. The Morgan fingerprint density at radius 3 is 3.12 bits per heavy atom. The molecule has 0 atom stereocenters. The van der Waals surface area contributed by atoms with Crippen LogP contribution in [-0.4, -0.2) is 9.59 Å². The topological polar surface area (TPSA) is 47.0 Å². The van der Waals surface area contributed by atoms with Crippen LogP contribution in [-0.2, 0) is 24.5 Å². The van der Waals surface area contributed by atoms with Gasteiger partial charge < -0.3 is 10.1 Å². The van der Waals surface area contributed by atoms with Crippen LogP contribution in [0, 0.1) is 0 Å². The van der Waals surface area contributed by atoms with Gasteiger partial charge in [0.05, 0.1) is 25.5 Å². The Labute approximate surface area is 97.4 Å². The number of nitrogens with zero attached hydrogens (tertiary/aromatic N) is 2. The van der Waals surface area contributed by atoms with E-state index in [0.29, 0.717) is 0 Å². The van der Waals surface area contributed by atoms with Crippen LogP contribution < -0.4 is 5.32 Å². The van der Waals surface area contributed by atoms with Gasteiger partial charge in [0, 0.05) is 11.1 Å². The molecule has 1 aliphatic rings. The van der Waals surface area contributed by atoms with Crippen LogP contribution in [0.15, 0.2) is 23.6 Å². The molecule has 1 aliphatic heterocycles. The third-order valence-electron chi connectivity index (χ3n) is 2.60. The minimum Gasteiger partial charge on any atom is -0.379 e. The summed E-state index contributed by atoms with van der Waals surface area (Å²) < 4.78 is 9.20. The fraction of sp³-hybridized carbons (Fsp3) is 0.273. The Balaban J connectivity index is 1.71. The first-order valence-corrected chi connectivity index (χ1v) is 5.95. The van der Waals surface area contributed by atoms with Gasteiger partial charge in [0.15, 0.2) is 0 Å². The van der Waals surface area contributed by atoms with Crippen LogP contribution >= 0.6 is 11.5 Å². The molecule has 2 heterocycles. The van der Waals surface area contributed by atoms with E-state index in [2.05, 4.69) is 33.1 Å². The van der Waals surface area contributed by atoms with E-state index in [1.165, 1.54) is 22.7 Å². The molecule has 2 aromatic rings. The van der Waals surface area contributed by atoms with Gasteiger partial charge in [-0.2, -0.15) is 0 Å². The lowest BCUT2D eigenvalue weighted by Crippen LogP contribution is -2.00. The third-order valence-corrected chi connectivity index (χ3v) is 3.15. The quantitative estimate of drug-likeness (QED) is 0.882. The Morgan fingerprint density at radius 1 is 1.31 bits per heavy atom. The lowest BCUT2D eigenvalue weighted by atomic mass is 10.1. The van der Waals surface area contributed by atoms with Gasteiger partial charge in [-0.25, -0.2) is 0 Å². The molecule has 1 aromatic carbocycles. The second kappa shape index (κ2) is 4.19. The van der Waals surface area contributed by atoms with Crippen molar-refractivity contribution in [1.29, 1.82) is 0 Å². The summed E-state index contributed by atoms with van der Waals surface area (Å²) in [5.41, 5.74) is 4.65. The maximum absolute atomic E-state index is 5.37. The van der Waals surface area contributed by atoms with Crippen molar-refractivity contribution in [3.8, 4) is 0 Å². The van der Waals surface area contributed by atoms with E-state index in [9.17, 15) is 0 Å². The first kappa shape index (κ1) is 9.74. The molecule has 0 unspecified atom stereocenters. The summed E-state index contributed by atoms with van der Waals surface area (Å²) >= 11 is 1.37. The summed E-state index contributed by atoms with van der Waals surface area (Å²) in [4.78, 5) is 0. The molecule has 0 saturated heterocycles. The van der Waals surface area contributed by atoms with Crippen LogP contribution in [0.3, 0.4) is 0 Å². The molecule has 1 aromatic heterocycles. The van der Waals surface area contributed by atoms with Gasteiger partial charge in [0.2, 0.25) is 0 Å².